The predicted molar refractivity (Wildman–Crippen MR) is 97.9 cm³/mol. The largest absolute Gasteiger partial charge is 0.322 e. The average Bonchev–Trinajstić information content (AvgIpc) is 2.65. The van der Waals surface area contributed by atoms with E-state index in [0.717, 1.165) is 25.0 Å². The molecule has 1 N–H and O–H groups in total. The summed E-state index contributed by atoms with van der Waals surface area (Å²) in [6.45, 7) is 2.92. The fraction of sp³-hybridized carbons (Fsp3) is 0.316. The van der Waals surface area contributed by atoms with Crippen LogP contribution in [0.2, 0.25) is 0 Å². The molecule has 144 valence electrons. The van der Waals surface area contributed by atoms with Crippen molar-refractivity contribution in [2.45, 2.75) is 24.7 Å². The van der Waals surface area contributed by atoms with Gasteiger partial charge >= 0.3 is 0 Å². The predicted octanol–water partition coefficient (Wildman–Crippen LogP) is 3.64. The van der Waals surface area contributed by atoms with Crippen molar-refractivity contribution in [1.82, 2.24) is 4.31 Å². The van der Waals surface area contributed by atoms with Crippen LogP contribution in [0.15, 0.2) is 47.4 Å². The van der Waals surface area contributed by atoms with E-state index in [2.05, 4.69) is 5.32 Å². The van der Waals surface area contributed by atoms with E-state index in [0.29, 0.717) is 13.1 Å². The third kappa shape index (κ3) is 4.33. The molecule has 5 nitrogen and oxygen atoms in total. The molecule has 8 heteroatoms. The van der Waals surface area contributed by atoms with E-state index in [4.69, 9.17) is 0 Å². The van der Waals surface area contributed by atoms with Crippen molar-refractivity contribution in [2.24, 2.45) is 5.92 Å². The van der Waals surface area contributed by atoms with Crippen LogP contribution >= 0.6 is 0 Å². The van der Waals surface area contributed by atoms with Gasteiger partial charge in [0.25, 0.3) is 5.91 Å². The Morgan fingerprint density at radius 1 is 1.15 bits per heavy atom. The second kappa shape index (κ2) is 7.74. The van der Waals surface area contributed by atoms with E-state index >= 15 is 0 Å². The van der Waals surface area contributed by atoms with Crippen LogP contribution in [0, 0.1) is 17.6 Å². The first-order valence-electron chi connectivity index (χ1n) is 8.64. The highest BCUT2D eigenvalue weighted by Crippen LogP contribution is 2.24. The average molecular weight is 394 g/mol. The Balaban J connectivity index is 1.82. The van der Waals surface area contributed by atoms with Crippen molar-refractivity contribution < 1.29 is 22.0 Å². The van der Waals surface area contributed by atoms with E-state index in [1.165, 1.54) is 34.6 Å². The fourth-order valence-corrected chi connectivity index (χ4v) is 4.73. The van der Waals surface area contributed by atoms with E-state index in [1.807, 2.05) is 6.92 Å². The van der Waals surface area contributed by atoms with Crippen molar-refractivity contribution in [2.75, 3.05) is 18.4 Å². The normalized spacial score (nSPS) is 18.3. The van der Waals surface area contributed by atoms with Gasteiger partial charge in [-0.3, -0.25) is 4.79 Å². The summed E-state index contributed by atoms with van der Waals surface area (Å²) in [5, 5.41) is 2.44. The zero-order valence-electron chi connectivity index (χ0n) is 14.8. The number of benzene rings is 2. The number of nitrogens with one attached hydrogen (secondary N) is 1. The Morgan fingerprint density at radius 2 is 1.93 bits per heavy atom. The van der Waals surface area contributed by atoms with Gasteiger partial charge in [-0.2, -0.15) is 4.31 Å². The summed E-state index contributed by atoms with van der Waals surface area (Å²) >= 11 is 0. The summed E-state index contributed by atoms with van der Waals surface area (Å²) in [4.78, 5) is 12.4. The lowest BCUT2D eigenvalue weighted by atomic mass is 10.0. The Kier molecular flexibility index (Phi) is 5.57. The van der Waals surface area contributed by atoms with Crippen molar-refractivity contribution >= 4 is 21.6 Å². The molecular weight excluding hydrogens is 374 g/mol. The van der Waals surface area contributed by atoms with Crippen molar-refractivity contribution in [3.63, 3.8) is 0 Å². The number of carbonyl (C=O) groups excluding carboxylic acids is 1. The highest BCUT2D eigenvalue weighted by molar-refractivity contribution is 7.89. The molecule has 1 unspecified atom stereocenters. The van der Waals surface area contributed by atoms with E-state index in [9.17, 15) is 22.0 Å². The van der Waals surface area contributed by atoms with Gasteiger partial charge in [0, 0.05) is 30.4 Å². The highest BCUT2D eigenvalue weighted by atomic mass is 32.2. The van der Waals surface area contributed by atoms with Crippen LogP contribution in [0.1, 0.15) is 30.1 Å². The summed E-state index contributed by atoms with van der Waals surface area (Å²) in [7, 11) is -3.69. The number of nitrogens with zero attached hydrogens (tertiary/aromatic N) is 1. The second-order valence-corrected chi connectivity index (χ2v) is 8.66. The number of anilines is 1. The summed E-state index contributed by atoms with van der Waals surface area (Å²) in [5.41, 5.74) is 0.197. The first-order valence-corrected chi connectivity index (χ1v) is 10.1. The van der Waals surface area contributed by atoms with Crippen LogP contribution in [0.4, 0.5) is 14.5 Å². The molecule has 1 atom stereocenters. The quantitative estimate of drug-likeness (QED) is 0.861. The number of halogens is 2. The number of rotatable bonds is 4. The molecule has 1 aliphatic rings. The monoisotopic (exact) mass is 394 g/mol. The highest BCUT2D eigenvalue weighted by Gasteiger charge is 2.29. The van der Waals surface area contributed by atoms with Crippen molar-refractivity contribution in [3.8, 4) is 0 Å². The van der Waals surface area contributed by atoms with Crippen LogP contribution in [0.3, 0.4) is 0 Å². The fourth-order valence-electron chi connectivity index (χ4n) is 3.09. The Labute approximate surface area is 157 Å². The van der Waals surface area contributed by atoms with E-state index < -0.39 is 27.6 Å². The van der Waals surface area contributed by atoms with Crippen molar-refractivity contribution in [3.05, 3.63) is 59.7 Å². The van der Waals surface area contributed by atoms with Gasteiger partial charge < -0.3 is 5.32 Å². The van der Waals surface area contributed by atoms with Gasteiger partial charge in [0.05, 0.1) is 4.90 Å². The maximum Gasteiger partial charge on any atom is 0.255 e. The second-order valence-electron chi connectivity index (χ2n) is 6.72. The first-order chi connectivity index (χ1) is 12.8. The third-order valence-corrected chi connectivity index (χ3v) is 6.39. The van der Waals surface area contributed by atoms with Crippen LogP contribution in [-0.2, 0) is 10.0 Å². The lowest BCUT2D eigenvalue weighted by Crippen LogP contribution is -2.39. The van der Waals surface area contributed by atoms with E-state index in [1.54, 1.807) is 0 Å². The van der Waals surface area contributed by atoms with Gasteiger partial charge in [-0.25, -0.2) is 17.2 Å². The van der Waals surface area contributed by atoms with Crippen molar-refractivity contribution in [1.29, 1.82) is 0 Å². The van der Waals surface area contributed by atoms with E-state index in [-0.39, 0.29) is 22.1 Å². The molecule has 0 saturated carbocycles. The standard InChI is InChI=1S/C19H20F2N2O3S/c1-13-4-3-9-23(12-13)27(25,26)16-6-2-5-14(10-16)19(24)22-15-7-8-17(20)18(21)11-15/h2,5-8,10-11,13H,3-4,9,12H2,1H3,(H,22,24). The SMILES string of the molecule is CC1CCCN(S(=O)(=O)c2cccc(C(=O)Nc3ccc(F)c(F)c3)c2)C1. The number of sulfonamides is 1. The van der Waals surface area contributed by atoms with Gasteiger partial charge in [0.2, 0.25) is 10.0 Å². The smallest absolute Gasteiger partial charge is 0.255 e. The molecule has 1 saturated heterocycles. The van der Waals surface area contributed by atoms with Crippen LogP contribution in [0.5, 0.6) is 0 Å². The van der Waals surface area contributed by atoms with Gasteiger partial charge in [0.1, 0.15) is 0 Å². The summed E-state index contributed by atoms with van der Waals surface area (Å²) < 4.78 is 53.4. The molecule has 0 aliphatic carbocycles. The summed E-state index contributed by atoms with van der Waals surface area (Å²) in [5.74, 6) is -2.42. The summed E-state index contributed by atoms with van der Waals surface area (Å²) in [6.07, 6.45) is 1.79. The lowest BCUT2D eigenvalue weighted by Gasteiger charge is -2.30. The maximum atomic E-state index is 13.3. The minimum atomic E-state index is -3.69. The minimum Gasteiger partial charge on any atom is -0.322 e. The molecule has 0 spiro atoms. The molecule has 2 aromatic rings. The molecule has 1 fully saturated rings. The Hall–Kier alpha value is -2.32. The Morgan fingerprint density at radius 3 is 2.63 bits per heavy atom. The van der Waals surface area contributed by atoms with Gasteiger partial charge in [-0.05, 0) is 49.1 Å². The maximum absolute atomic E-state index is 13.3. The molecule has 27 heavy (non-hydrogen) atoms. The first kappa shape index (κ1) is 19.4. The van der Waals surface area contributed by atoms with Crippen LogP contribution in [0.25, 0.3) is 0 Å². The number of hydrogen-bond donors (Lipinski definition) is 1. The molecule has 1 amide bonds. The van der Waals surface area contributed by atoms with Crippen LogP contribution in [-0.4, -0.2) is 31.7 Å². The summed E-state index contributed by atoms with van der Waals surface area (Å²) in [6, 6.07) is 8.69. The number of amides is 1. The zero-order valence-corrected chi connectivity index (χ0v) is 15.6. The zero-order chi connectivity index (χ0) is 19.6. The Bertz CT molecular complexity index is 963. The molecule has 3 rings (SSSR count). The molecular formula is C19H20F2N2O3S. The number of hydrogen-bond acceptors (Lipinski definition) is 3. The lowest BCUT2D eigenvalue weighted by molar-refractivity contribution is 0.102. The molecule has 0 bridgehead atoms. The van der Waals surface area contributed by atoms with Gasteiger partial charge in [-0.1, -0.05) is 13.0 Å². The molecule has 1 heterocycles. The number of piperidine rings is 1. The third-order valence-electron chi connectivity index (χ3n) is 4.53. The van der Waals surface area contributed by atoms with Crippen LogP contribution < -0.4 is 5.32 Å². The molecule has 2 aromatic carbocycles. The van der Waals surface area contributed by atoms with Gasteiger partial charge in [0.15, 0.2) is 11.6 Å². The minimum absolute atomic E-state index is 0.0366. The molecule has 1 aliphatic heterocycles. The van der Waals surface area contributed by atoms with Gasteiger partial charge in [-0.15, -0.1) is 0 Å². The number of carbonyl (C=O) groups is 1. The molecule has 0 radical (unpaired) electrons. The molecule has 0 aromatic heterocycles. The topological polar surface area (TPSA) is 66.5 Å².